The molecule has 2 aliphatic heterocycles. The first-order valence-electron chi connectivity index (χ1n) is 13.4. The van der Waals surface area contributed by atoms with Crippen molar-refractivity contribution in [2.24, 2.45) is 0 Å². The van der Waals surface area contributed by atoms with E-state index in [2.05, 4.69) is 76.5 Å². The fourth-order valence-electron chi connectivity index (χ4n) is 5.41. The highest BCUT2D eigenvalue weighted by Gasteiger charge is 2.26. The number of ketones is 1. The van der Waals surface area contributed by atoms with Crippen LogP contribution in [0.5, 0.6) is 0 Å². The molecular formula is C33H32N2O3. The molecule has 3 aromatic carbocycles. The Kier molecular flexibility index (Phi) is 7.20. The number of nitrogens with zero attached hydrogens (tertiary/aromatic N) is 2. The topological polar surface area (TPSA) is 42.0 Å². The highest BCUT2D eigenvalue weighted by atomic mass is 16.5. The van der Waals surface area contributed by atoms with E-state index in [4.69, 9.17) is 9.47 Å². The van der Waals surface area contributed by atoms with E-state index in [0.29, 0.717) is 13.2 Å². The van der Waals surface area contributed by atoms with E-state index in [1.807, 2.05) is 24.3 Å². The van der Waals surface area contributed by atoms with Crippen LogP contribution in [-0.4, -0.2) is 63.3 Å². The number of hydrogen-bond donors (Lipinski definition) is 0. The van der Waals surface area contributed by atoms with Crippen LogP contribution in [0.3, 0.4) is 0 Å². The number of anilines is 1. The molecule has 38 heavy (non-hydrogen) atoms. The minimum Gasteiger partial charge on any atom is -0.378 e. The van der Waals surface area contributed by atoms with Gasteiger partial charge in [0.25, 0.3) is 0 Å². The van der Waals surface area contributed by atoms with Gasteiger partial charge in [0.05, 0.1) is 26.4 Å². The molecule has 5 nitrogen and oxygen atoms in total. The van der Waals surface area contributed by atoms with Gasteiger partial charge in [-0.05, 0) is 40.5 Å². The van der Waals surface area contributed by atoms with Gasteiger partial charge in [-0.3, -0.25) is 4.79 Å². The lowest BCUT2D eigenvalue weighted by atomic mass is 9.87. The SMILES string of the molecule is O=C1C=C(N2CCOCC2)c2ccccc2/C1=C\C=C(/c1ccccc1)c1ccc(N2CCOCC2)cc1. The molecule has 0 atom stereocenters. The molecule has 2 fully saturated rings. The van der Waals surface area contributed by atoms with Crippen molar-refractivity contribution in [1.29, 1.82) is 0 Å². The minimum absolute atomic E-state index is 0.0384. The van der Waals surface area contributed by atoms with Crippen molar-refractivity contribution in [2.45, 2.75) is 0 Å². The van der Waals surface area contributed by atoms with Crippen molar-refractivity contribution in [1.82, 2.24) is 4.90 Å². The van der Waals surface area contributed by atoms with E-state index in [-0.39, 0.29) is 5.78 Å². The molecule has 3 aromatic rings. The van der Waals surface area contributed by atoms with Gasteiger partial charge in [-0.15, -0.1) is 0 Å². The summed E-state index contributed by atoms with van der Waals surface area (Å²) in [6.07, 6.45) is 5.88. The van der Waals surface area contributed by atoms with Crippen LogP contribution in [0.1, 0.15) is 22.3 Å². The third-order valence-corrected chi connectivity index (χ3v) is 7.43. The molecule has 3 aliphatic rings. The zero-order valence-corrected chi connectivity index (χ0v) is 21.5. The van der Waals surface area contributed by atoms with E-state index in [9.17, 15) is 4.79 Å². The van der Waals surface area contributed by atoms with Gasteiger partial charge in [0, 0.05) is 54.8 Å². The Morgan fingerprint density at radius 1 is 0.658 bits per heavy atom. The smallest absolute Gasteiger partial charge is 0.188 e. The average molecular weight is 505 g/mol. The standard InChI is InChI=1S/C33H32N2O3/c36-33-24-32(35-18-22-38-23-19-35)30-9-5-4-8-29(30)31(33)15-14-28(25-6-2-1-3-7-25)26-10-12-27(13-11-26)34-16-20-37-21-17-34/h1-15,24H,16-23H2/b28-14+,31-15+. The third kappa shape index (κ3) is 5.08. The van der Waals surface area contributed by atoms with Crippen molar-refractivity contribution in [2.75, 3.05) is 57.5 Å². The second kappa shape index (κ2) is 11.2. The zero-order chi connectivity index (χ0) is 25.7. The quantitative estimate of drug-likeness (QED) is 0.442. The molecule has 1 aliphatic carbocycles. The molecule has 6 rings (SSSR count). The highest BCUT2D eigenvalue weighted by molar-refractivity contribution is 6.31. The number of fused-ring (bicyclic) bond motifs is 1. The third-order valence-electron chi connectivity index (χ3n) is 7.43. The maximum Gasteiger partial charge on any atom is 0.188 e. The van der Waals surface area contributed by atoms with E-state index < -0.39 is 0 Å². The summed E-state index contributed by atoms with van der Waals surface area (Å²) in [5.41, 5.74) is 8.32. The molecule has 0 aromatic heterocycles. The van der Waals surface area contributed by atoms with Crippen LogP contribution in [0.25, 0.3) is 16.8 Å². The Labute approximate surface area is 224 Å². The van der Waals surface area contributed by atoms with Crippen LogP contribution in [0.2, 0.25) is 0 Å². The summed E-state index contributed by atoms with van der Waals surface area (Å²) in [6.45, 7) is 6.32. The fraction of sp³-hybridized carbons (Fsp3) is 0.242. The lowest BCUT2D eigenvalue weighted by Gasteiger charge is -2.33. The number of ether oxygens (including phenoxy) is 2. The Morgan fingerprint density at radius 3 is 1.92 bits per heavy atom. The lowest BCUT2D eigenvalue weighted by molar-refractivity contribution is -0.109. The van der Waals surface area contributed by atoms with Crippen LogP contribution in [0.15, 0.2) is 97.1 Å². The number of benzene rings is 3. The first kappa shape index (κ1) is 24.4. The molecule has 0 spiro atoms. The van der Waals surface area contributed by atoms with Gasteiger partial charge in [0.1, 0.15) is 0 Å². The predicted molar refractivity (Wildman–Crippen MR) is 153 cm³/mol. The molecule has 5 heteroatoms. The molecule has 0 amide bonds. The minimum atomic E-state index is 0.0384. The van der Waals surface area contributed by atoms with E-state index in [1.165, 1.54) is 5.69 Å². The Morgan fingerprint density at radius 2 is 1.24 bits per heavy atom. The van der Waals surface area contributed by atoms with Crippen LogP contribution >= 0.6 is 0 Å². The summed E-state index contributed by atoms with van der Waals surface area (Å²) >= 11 is 0. The summed E-state index contributed by atoms with van der Waals surface area (Å²) in [5, 5.41) is 0. The highest BCUT2D eigenvalue weighted by Crippen LogP contribution is 2.35. The van der Waals surface area contributed by atoms with Gasteiger partial charge in [-0.2, -0.15) is 0 Å². The normalized spacial score (nSPS) is 19.4. The number of carbonyl (C=O) groups excluding carboxylic acids is 1. The van der Waals surface area contributed by atoms with Gasteiger partial charge >= 0.3 is 0 Å². The predicted octanol–water partition coefficient (Wildman–Crippen LogP) is 5.29. The van der Waals surface area contributed by atoms with Gasteiger partial charge in [0.2, 0.25) is 0 Å². The number of rotatable bonds is 5. The molecule has 0 radical (unpaired) electrons. The number of morpholine rings is 2. The monoisotopic (exact) mass is 504 g/mol. The van der Waals surface area contributed by atoms with E-state index in [1.54, 1.807) is 6.08 Å². The van der Waals surface area contributed by atoms with Gasteiger partial charge in [-0.25, -0.2) is 0 Å². The van der Waals surface area contributed by atoms with E-state index in [0.717, 1.165) is 78.5 Å². The molecule has 0 bridgehead atoms. The van der Waals surface area contributed by atoms with Gasteiger partial charge in [-0.1, -0.05) is 72.8 Å². The van der Waals surface area contributed by atoms with Gasteiger partial charge in [0.15, 0.2) is 5.78 Å². The van der Waals surface area contributed by atoms with Crippen molar-refractivity contribution < 1.29 is 14.3 Å². The Bertz CT molecular complexity index is 1380. The molecule has 192 valence electrons. The summed E-state index contributed by atoms with van der Waals surface area (Å²) in [6, 6.07) is 27.3. The number of allylic oxidation sites excluding steroid dienone is 4. The van der Waals surface area contributed by atoms with Crippen LogP contribution in [-0.2, 0) is 14.3 Å². The molecule has 0 unspecified atom stereocenters. The van der Waals surface area contributed by atoms with Crippen LogP contribution in [0, 0.1) is 0 Å². The first-order valence-corrected chi connectivity index (χ1v) is 13.4. The second-order valence-corrected chi connectivity index (χ2v) is 9.71. The van der Waals surface area contributed by atoms with Crippen LogP contribution in [0.4, 0.5) is 5.69 Å². The molecule has 0 saturated carbocycles. The molecule has 2 heterocycles. The number of hydrogen-bond acceptors (Lipinski definition) is 5. The fourth-order valence-corrected chi connectivity index (χ4v) is 5.41. The summed E-state index contributed by atoms with van der Waals surface area (Å²) < 4.78 is 11.0. The maximum atomic E-state index is 13.5. The lowest BCUT2D eigenvalue weighted by Crippen LogP contribution is -2.36. The van der Waals surface area contributed by atoms with Crippen molar-refractivity contribution in [3.8, 4) is 0 Å². The maximum absolute atomic E-state index is 13.5. The second-order valence-electron chi connectivity index (χ2n) is 9.71. The molecule has 2 saturated heterocycles. The molecule has 0 N–H and O–H groups in total. The van der Waals surface area contributed by atoms with Crippen molar-refractivity contribution in [3.63, 3.8) is 0 Å². The summed E-state index contributed by atoms with van der Waals surface area (Å²) in [5.74, 6) is 0.0384. The average Bonchev–Trinajstić information content (AvgIpc) is 3.00. The molecular weight excluding hydrogens is 472 g/mol. The summed E-state index contributed by atoms with van der Waals surface area (Å²) in [7, 11) is 0. The van der Waals surface area contributed by atoms with Crippen molar-refractivity contribution >= 4 is 28.3 Å². The van der Waals surface area contributed by atoms with E-state index >= 15 is 0 Å². The number of carbonyl (C=O) groups is 1. The Balaban J connectivity index is 1.37. The van der Waals surface area contributed by atoms with Crippen molar-refractivity contribution in [3.05, 3.63) is 119 Å². The Hall–Kier alpha value is -3.93. The first-order chi connectivity index (χ1) is 18.8. The summed E-state index contributed by atoms with van der Waals surface area (Å²) in [4.78, 5) is 18.1. The zero-order valence-electron chi connectivity index (χ0n) is 21.5. The largest absolute Gasteiger partial charge is 0.378 e. The van der Waals surface area contributed by atoms with Gasteiger partial charge < -0.3 is 19.3 Å². The van der Waals surface area contributed by atoms with Crippen LogP contribution < -0.4 is 4.90 Å².